The van der Waals surface area contributed by atoms with Crippen LogP contribution in [0, 0.1) is 0 Å². The van der Waals surface area contributed by atoms with E-state index in [1.54, 1.807) is 0 Å². The van der Waals surface area contributed by atoms with Gasteiger partial charge in [0.25, 0.3) is 0 Å². The number of halogens is 2. The van der Waals surface area contributed by atoms with Gasteiger partial charge in [0.15, 0.2) is 0 Å². The summed E-state index contributed by atoms with van der Waals surface area (Å²) >= 11 is 7.82. The van der Waals surface area contributed by atoms with Crippen molar-refractivity contribution >= 4 is 63.4 Å². The molecule has 3 heteroatoms. The Morgan fingerprint density at radius 2 is 0.837 bits per heavy atom. The number of rotatable bonds is 0. The van der Waals surface area contributed by atoms with Crippen LogP contribution in [-0.4, -0.2) is 12.5 Å². The summed E-state index contributed by atoms with van der Waals surface area (Å²) in [6.45, 7) is 9.63. The van der Waals surface area contributed by atoms with Crippen LogP contribution in [-0.2, 0) is 10.8 Å². The van der Waals surface area contributed by atoms with E-state index in [1.807, 2.05) is 0 Å². The average Bonchev–Trinajstić information content (AvgIpc) is 3.44. The lowest BCUT2D eigenvalue weighted by atomic mass is 9.80. The van der Waals surface area contributed by atoms with Gasteiger partial charge in [-0.25, -0.2) is 0 Å². The van der Waals surface area contributed by atoms with Crippen LogP contribution in [0.4, 0.5) is 0 Å². The third-order valence-corrected chi connectivity index (χ3v) is 15.0. The molecule has 2 aliphatic carbocycles. The highest BCUT2D eigenvalue weighted by Crippen LogP contribution is 2.71. The molecule has 0 aromatic heterocycles. The SMILES string of the molecule is CC1(C)c2cc3c(cc2-c2c1cc(Br)c1ccccc21)S(C)(C)c1cc2c(cc1-3)C(C)(C)c1cc(Br)c3ccccc3c1-2. The Morgan fingerprint density at radius 1 is 0.465 bits per heavy atom. The Hall–Kier alpha value is -2.85. The molecule has 0 N–H and O–H groups in total. The van der Waals surface area contributed by atoms with Gasteiger partial charge in [-0.1, -0.05) is 108 Å². The molecule has 43 heavy (non-hydrogen) atoms. The van der Waals surface area contributed by atoms with E-state index in [-0.39, 0.29) is 10.8 Å². The van der Waals surface area contributed by atoms with Crippen LogP contribution in [0.15, 0.2) is 104 Å². The van der Waals surface area contributed by atoms with Crippen molar-refractivity contribution in [3.05, 3.63) is 116 Å². The van der Waals surface area contributed by atoms with Gasteiger partial charge in [0, 0.05) is 29.6 Å². The van der Waals surface area contributed by atoms with E-state index >= 15 is 0 Å². The fourth-order valence-corrected chi connectivity index (χ4v) is 12.2. The van der Waals surface area contributed by atoms with Gasteiger partial charge in [-0.2, -0.15) is 10.0 Å². The van der Waals surface area contributed by atoms with E-state index in [9.17, 15) is 0 Å². The summed E-state index contributed by atoms with van der Waals surface area (Å²) in [6, 6.07) is 32.8. The summed E-state index contributed by atoms with van der Waals surface area (Å²) in [4.78, 5) is 3.05. The minimum atomic E-state index is -1.23. The summed E-state index contributed by atoms with van der Waals surface area (Å²) in [5.74, 6) is 0. The highest BCUT2D eigenvalue weighted by molar-refractivity contribution is 9.11. The normalized spacial score (nSPS) is 18.1. The Kier molecular flexibility index (Phi) is 5.09. The molecule has 6 aromatic rings. The first-order valence-electron chi connectivity index (χ1n) is 15.0. The summed E-state index contributed by atoms with van der Waals surface area (Å²) in [7, 11) is -1.23. The molecular formula is C40H32Br2S. The quantitative estimate of drug-likeness (QED) is 0.148. The maximum absolute atomic E-state index is 3.91. The van der Waals surface area contributed by atoms with E-state index in [2.05, 4.69) is 157 Å². The molecule has 6 aromatic carbocycles. The zero-order chi connectivity index (χ0) is 29.8. The molecular weight excluding hydrogens is 672 g/mol. The molecule has 1 aliphatic heterocycles. The van der Waals surface area contributed by atoms with Crippen molar-refractivity contribution in [2.45, 2.75) is 48.3 Å². The highest BCUT2D eigenvalue weighted by Gasteiger charge is 2.44. The van der Waals surface area contributed by atoms with E-state index in [0.29, 0.717) is 0 Å². The van der Waals surface area contributed by atoms with Crippen LogP contribution >= 0.6 is 41.9 Å². The summed E-state index contributed by atoms with van der Waals surface area (Å²) in [5.41, 5.74) is 14.2. The molecule has 0 unspecified atom stereocenters. The molecule has 3 aliphatic rings. The minimum Gasteiger partial charge on any atom is -0.192 e. The smallest absolute Gasteiger partial charge is 0.0257 e. The minimum absolute atomic E-state index is 0.0775. The third kappa shape index (κ3) is 3.14. The second-order valence-corrected chi connectivity index (χ2v) is 19.3. The Balaban J connectivity index is 1.33. The van der Waals surface area contributed by atoms with Crippen molar-refractivity contribution in [3.63, 3.8) is 0 Å². The van der Waals surface area contributed by atoms with Gasteiger partial charge >= 0.3 is 0 Å². The standard InChI is InChI=1S/C40H32Br2S/c1-39(2)29-15-25-26-16-30-28(38-24-14-10-8-12-22(24)34(42)20-32(38)40(30,3)4)18-36(26)43(5,6)35(25)17-27(29)37-23-13-9-7-11-21(23)33(41)19-31(37)39/h7-20H,1-6H3. The molecule has 0 saturated carbocycles. The van der Waals surface area contributed by atoms with E-state index in [0.717, 1.165) is 0 Å². The van der Waals surface area contributed by atoms with Gasteiger partial charge in [-0.15, -0.1) is 0 Å². The summed E-state index contributed by atoms with van der Waals surface area (Å²) < 4.78 is 2.37. The molecule has 9 rings (SSSR count). The molecule has 0 radical (unpaired) electrons. The molecule has 0 fully saturated rings. The largest absolute Gasteiger partial charge is 0.192 e. The number of hydrogen-bond donors (Lipinski definition) is 0. The first-order chi connectivity index (χ1) is 20.4. The molecule has 212 valence electrons. The molecule has 1 heterocycles. The van der Waals surface area contributed by atoms with Crippen LogP contribution in [0.2, 0.25) is 0 Å². The number of hydrogen-bond acceptors (Lipinski definition) is 0. The predicted molar refractivity (Wildman–Crippen MR) is 193 cm³/mol. The van der Waals surface area contributed by atoms with Crippen LogP contribution in [0.5, 0.6) is 0 Å². The third-order valence-electron chi connectivity index (χ3n) is 10.8. The van der Waals surface area contributed by atoms with Gasteiger partial charge in [0.2, 0.25) is 0 Å². The Bertz CT molecular complexity index is 2130. The first kappa shape index (κ1) is 26.5. The van der Waals surface area contributed by atoms with E-state index in [1.165, 1.54) is 95.9 Å². The van der Waals surface area contributed by atoms with Crippen molar-refractivity contribution in [2.24, 2.45) is 0 Å². The fraction of sp³-hybridized carbons (Fsp3) is 0.200. The molecule has 0 nitrogen and oxygen atoms in total. The molecule has 0 bridgehead atoms. The topological polar surface area (TPSA) is 0 Å². The lowest BCUT2D eigenvalue weighted by molar-refractivity contribution is 0.659. The van der Waals surface area contributed by atoms with Crippen LogP contribution in [0.1, 0.15) is 49.9 Å². The van der Waals surface area contributed by atoms with E-state index < -0.39 is 10.0 Å². The number of fused-ring (bicyclic) bond motifs is 13. The summed E-state index contributed by atoms with van der Waals surface area (Å²) in [6.07, 6.45) is 5.02. The molecule has 0 spiro atoms. The molecule has 0 atom stereocenters. The molecule has 0 saturated heterocycles. The van der Waals surface area contributed by atoms with Crippen molar-refractivity contribution in [1.82, 2.24) is 0 Å². The maximum Gasteiger partial charge on any atom is 0.0257 e. The van der Waals surface area contributed by atoms with Gasteiger partial charge in [0.05, 0.1) is 0 Å². The Labute approximate surface area is 272 Å². The monoisotopic (exact) mass is 702 g/mol. The predicted octanol–water partition coefficient (Wildman–Crippen LogP) is 12.6. The van der Waals surface area contributed by atoms with Gasteiger partial charge in [-0.05, 0) is 126 Å². The zero-order valence-corrected chi connectivity index (χ0v) is 29.2. The van der Waals surface area contributed by atoms with Crippen molar-refractivity contribution in [1.29, 1.82) is 0 Å². The summed E-state index contributed by atoms with van der Waals surface area (Å²) in [5, 5.41) is 5.27. The van der Waals surface area contributed by atoms with Crippen LogP contribution < -0.4 is 0 Å². The first-order valence-corrected chi connectivity index (χ1v) is 19.0. The van der Waals surface area contributed by atoms with Gasteiger partial charge in [-0.3, -0.25) is 0 Å². The lowest BCUT2D eigenvalue weighted by Crippen LogP contribution is -2.15. The van der Waals surface area contributed by atoms with Gasteiger partial charge in [0.1, 0.15) is 0 Å². The molecule has 0 amide bonds. The van der Waals surface area contributed by atoms with Gasteiger partial charge < -0.3 is 0 Å². The van der Waals surface area contributed by atoms with Crippen molar-refractivity contribution < 1.29 is 0 Å². The maximum atomic E-state index is 3.91. The second-order valence-electron chi connectivity index (χ2n) is 14.0. The van der Waals surface area contributed by atoms with Crippen molar-refractivity contribution in [3.8, 4) is 33.4 Å². The number of benzene rings is 6. The zero-order valence-electron chi connectivity index (χ0n) is 25.2. The van der Waals surface area contributed by atoms with E-state index in [4.69, 9.17) is 0 Å². The lowest BCUT2D eigenvalue weighted by Gasteiger charge is -2.29. The average molecular weight is 705 g/mol. The Morgan fingerprint density at radius 3 is 1.23 bits per heavy atom. The van der Waals surface area contributed by atoms with Crippen LogP contribution in [0.3, 0.4) is 0 Å². The van der Waals surface area contributed by atoms with Crippen LogP contribution in [0.25, 0.3) is 54.9 Å². The fourth-order valence-electron chi connectivity index (χ4n) is 8.51. The second kappa shape index (κ2) is 8.24. The van der Waals surface area contributed by atoms with Crippen molar-refractivity contribution in [2.75, 3.05) is 12.5 Å². The highest BCUT2D eigenvalue weighted by atomic mass is 79.9.